The Balaban J connectivity index is 1.34. The van der Waals surface area contributed by atoms with Gasteiger partial charge in [-0.2, -0.15) is 4.65 Å². The van der Waals surface area contributed by atoms with Crippen molar-refractivity contribution in [3.05, 3.63) is 59.2 Å². The fraction of sp³-hybridized carbons (Fsp3) is 0.464. The van der Waals surface area contributed by atoms with E-state index < -0.39 is 0 Å². The minimum Gasteiger partial charge on any atom is -0.508 e. The number of methoxy groups -OCH3 is 1. The number of nitrogens with zero attached hydrogens (tertiary/aromatic N) is 2. The average Bonchev–Trinajstić information content (AvgIpc) is 3.20. The van der Waals surface area contributed by atoms with Gasteiger partial charge in [-0.25, -0.2) is 5.21 Å². The van der Waals surface area contributed by atoms with Crippen molar-refractivity contribution in [3.63, 3.8) is 0 Å². The second-order valence-electron chi connectivity index (χ2n) is 10.8. The third kappa shape index (κ3) is 3.14. The predicted molar refractivity (Wildman–Crippen MR) is 130 cm³/mol. The molecule has 2 aliphatic heterocycles. The van der Waals surface area contributed by atoms with Crippen LogP contribution in [0, 0.1) is 5.92 Å². The highest BCUT2D eigenvalue weighted by Gasteiger charge is 2.69. The Morgan fingerprint density at radius 2 is 2.11 bits per heavy atom. The molecule has 0 aromatic heterocycles. The van der Waals surface area contributed by atoms with Gasteiger partial charge in [0.05, 0.1) is 25.6 Å². The summed E-state index contributed by atoms with van der Waals surface area (Å²) in [5.41, 5.74) is 2.65. The number of carbonyl (C=O) groups excluding carboxylic acids is 1. The molecule has 184 valence electrons. The lowest BCUT2D eigenvalue weighted by Crippen LogP contribution is -2.72. The van der Waals surface area contributed by atoms with Gasteiger partial charge < -0.3 is 19.5 Å². The Kier molecular flexibility index (Phi) is 4.96. The molecule has 1 unspecified atom stereocenters. The standard InChI is InChI=1S/C28H32N2O5/c1-29(25(32)12-7-17-5-4-6-18(15-17)34-3)21-9-8-20-22-16-19-23(31)10-11-24-26(19)28(20,27(21)35-24)13-14-30(22,2)33/h4-7,10-12,15,20-22,27,33H,8-9,13-14,16H2,1-3H3/p+1/t20-,21+,22+,27-,28-,30?/m0/s1. The molecule has 7 heteroatoms. The Hall–Kier alpha value is -3.03. The van der Waals surface area contributed by atoms with Gasteiger partial charge in [-0.3, -0.25) is 4.79 Å². The first-order chi connectivity index (χ1) is 16.8. The Morgan fingerprint density at radius 1 is 1.29 bits per heavy atom. The number of hydrogen-bond donors (Lipinski definition) is 2. The van der Waals surface area contributed by atoms with Crippen molar-refractivity contribution in [1.29, 1.82) is 0 Å². The van der Waals surface area contributed by atoms with E-state index in [-0.39, 0.29) is 45.8 Å². The van der Waals surface area contributed by atoms with Gasteiger partial charge >= 0.3 is 0 Å². The minimum atomic E-state index is -0.291. The quantitative estimate of drug-likeness (QED) is 0.521. The maximum Gasteiger partial charge on any atom is 0.246 e. The molecule has 2 N–H and O–H groups in total. The van der Waals surface area contributed by atoms with E-state index in [0.717, 1.165) is 47.5 Å². The molecule has 2 bridgehead atoms. The van der Waals surface area contributed by atoms with Crippen molar-refractivity contribution < 1.29 is 29.2 Å². The second kappa shape index (κ2) is 7.73. The summed E-state index contributed by atoms with van der Waals surface area (Å²) < 4.78 is 11.9. The summed E-state index contributed by atoms with van der Waals surface area (Å²) in [5, 5.41) is 22.0. The molecular formula is C28H33N2O5+. The topological polar surface area (TPSA) is 79.2 Å². The van der Waals surface area contributed by atoms with Gasteiger partial charge in [0.25, 0.3) is 0 Å². The Bertz CT molecular complexity index is 1220. The van der Waals surface area contributed by atoms with E-state index in [9.17, 15) is 15.1 Å². The average molecular weight is 478 g/mol. The number of hydrogen-bond acceptors (Lipinski definition) is 5. The second-order valence-corrected chi connectivity index (χ2v) is 10.8. The molecule has 2 aromatic rings. The number of piperidine rings is 1. The molecule has 1 amide bonds. The predicted octanol–water partition coefficient (Wildman–Crippen LogP) is 3.51. The summed E-state index contributed by atoms with van der Waals surface area (Å²) in [6, 6.07) is 11.1. The largest absolute Gasteiger partial charge is 0.508 e. The third-order valence-corrected chi connectivity index (χ3v) is 9.19. The van der Waals surface area contributed by atoms with Gasteiger partial charge in [-0.1, -0.05) is 12.1 Å². The van der Waals surface area contributed by atoms with Crippen LogP contribution in [0.5, 0.6) is 17.2 Å². The van der Waals surface area contributed by atoms with E-state index in [1.807, 2.05) is 55.4 Å². The van der Waals surface area contributed by atoms with Gasteiger partial charge in [-0.15, -0.1) is 0 Å². The van der Waals surface area contributed by atoms with Crippen LogP contribution in [0.2, 0.25) is 0 Å². The lowest BCUT2D eigenvalue weighted by atomic mass is 9.50. The smallest absolute Gasteiger partial charge is 0.246 e. The minimum absolute atomic E-state index is 0.0107. The lowest BCUT2D eigenvalue weighted by Gasteiger charge is -2.59. The highest BCUT2D eigenvalue weighted by molar-refractivity contribution is 5.92. The van der Waals surface area contributed by atoms with Gasteiger partial charge in [0, 0.05) is 43.0 Å². The van der Waals surface area contributed by atoms with Crippen LogP contribution in [0.4, 0.5) is 0 Å². The summed E-state index contributed by atoms with van der Waals surface area (Å²) in [6.07, 6.45) is 6.38. The first-order valence-electron chi connectivity index (χ1n) is 12.4. The number of likely N-dealkylation sites (tertiary alicyclic amines) is 1. The molecule has 1 spiro atoms. The zero-order valence-electron chi connectivity index (χ0n) is 20.5. The van der Waals surface area contributed by atoms with Crippen molar-refractivity contribution in [2.75, 3.05) is 27.7 Å². The van der Waals surface area contributed by atoms with Crippen molar-refractivity contribution in [2.24, 2.45) is 5.92 Å². The van der Waals surface area contributed by atoms with Crippen LogP contribution in [0.1, 0.15) is 36.0 Å². The molecule has 4 aliphatic rings. The van der Waals surface area contributed by atoms with Gasteiger partial charge in [0.15, 0.2) is 0 Å². The zero-order chi connectivity index (χ0) is 24.5. The number of ether oxygens (including phenoxy) is 2. The fourth-order valence-corrected chi connectivity index (χ4v) is 7.48. The molecule has 6 rings (SSSR count). The maximum absolute atomic E-state index is 13.3. The molecule has 2 fully saturated rings. The number of phenols is 1. The summed E-state index contributed by atoms with van der Waals surface area (Å²) in [6.45, 7) is 0.635. The number of rotatable bonds is 4. The number of amides is 1. The number of phenolic OH excluding ortho intramolecular Hbond substituents is 1. The third-order valence-electron chi connectivity index (χ3n) is 9.19. The number of likely N-dealkylation sites (N-methyl/N-ethyl adjacent to an activating group) is 2. The van der Waals surface area contributed by atoms with Gasteiger partial charge in [-0.05, 0) is 48.7 Å². The van der Waals surface area contributed by atoms with Gasteiger partial charge in [0.2, 0.25) is 5.91 Å². The molecular weight excluding hydrogens is 444 g/mol. The van der Waals surface area contributed by atoms with Crippen LogP contribution in [0.25, 0.3) is 6.08 Å². The van der Waals surface area contributed by atoms with Crippen LogP contribution >= 0.6 is 0 Å². The van der Waals surface area contributed by atoms with Crippen molar-refractivity contribution in [3.8, 4) is 17.2 Å². The summed E-state index contributed by atoms with van der Waals surface area (Å²) >= 11 is 0. The molecule has 1 saturated carbocycles. The molecule has 35 heavy (non-hydrogen) atoms. The number of quaternary nitrogens is 1. The van der Waals surface area contributed by atoms with Crippen LogP contribution < -0.4 is 9.47 Å². The summed E-state index contributed by atoms with van der Waals surface area (Å²) in [4.78, 5) is 15.1. The van der Waals surface area contributed by atoms with Gasteiger partial charge in [0.1, 0.15) is 35.9 Å². The highest BCUT2D eigenvalue weighted by atomic mass is 16.5. The fourth-order valence-electron chi connectivity index (χ4n) is 7.48. The molecule has 2 aromatic carbocycles. The summed E-state index contributed by atoms with van der Waals surface area (Å²) in [5.74, 6) is 2.05. The van der Waals surface area contributed by atoms with Crippen LogP contribution in [0.3, 0.4) is 0 Å². The molecule has 2 heterocycles. The SMILES string of the molecule is COc1cccc(C=CC(=O)N(C)[C@@H]2CC[C@H]3[C@H]4Cc5c(O)ccc6c5[C@@]3(CC[N+]4(C)O)[C@H]2O6)c1. The number of benzene rings is 2. The molecule has 7 nitrogen and oxygen atoms in total. The van der Waals surface area contributed by atoms with Crippen molar-refractivity contribution >= 4 is 12.0 Å². The van der Waals surface area contributed by atoms with E-state index in [1.165, 1.54) is 0 Å². The van der Waals surface area contributed by atoms with E-state index in [2.05, 4.69) is 0 Å². The molecule has 6 atom stereocenters. The number of aromatic hydroxyl groups is 1. The van der Waals surface area contributed by atoms with Crippen LogP contribution in [-0.4, -0.2) is 71.7 Å². The Morgan fingerprint density at radius 3 is 2.91 bits per heavy atom. The van der Waals surface area contributed by atoms with E-state index >= 15 is 0 Å². The zero-order valence-corrected chi connectivity index (χ0v) is 20.5. The monoisotopic (exact) mass is 477 g/mol. The van der Waals surface area contributed by atoms with E-state index in [0.29, 0.717) is 13.0 Å². The van der Waals surface area contributed by atoms with E-state index in [1.54, 1.807) is 19.3 Å². The normalized spacial score (nSPS) is 34.3. The molecule has 2 aliphatic carbocycles. The first-order valence-corrected chi connectivity index (χ1v) is 12.4. The Labute approximate surface area is 205 Å². The lowest BCUT2D eigenvalue weighted by molar-refractivity contribution is -1.11. The molecule has 1 saturated heterocycles. The van der Waals surface area contributed by atoms with Crippen LogP contribution in [-0.2, 0) is 16.6 Å². The molecule has 0 radical (unpaired) electrons. The van der Waals surface area contributed by atoms with Crippen molar-refractivity contribution in [2.45, 2.75) is 49.3 Å². The van der Waals surface area contributed by atoms with Crippen LogP contribution in [0.15, 0.2) is 42.5 Å². The first kappa shape index (κ1) is 22.4. The van der Waals surface area contributed by atoms with Crippen molar-refractivity contribution in [1.82, 2.24) is 4.90 Å². The highest BCUT2D eigenvalue weighted by Crippen LogP contribution is 2.64. The maximum atomic E-state index is 13.3. The van der Waals surface area contributed by atoms with E-state index in [4.69, 9.17) is 9.47 Å². The number of carbonyl (C=O) groups is 1. The number of hydroxylamine groups is 3. The summed E-state index contributed by atoms with van der Waals surface area (Å²) in [7, 11) is 5.38.